The van der Waals surface area contributed by atoms with Crippen LogP contribution in [0, 0.1) is 0 Å². The van der Waals surface area contributed by atoms with E-state index in [2.05, 4.69) is 137 Å². The van der Waals surface area contributed by atoms with Crippen LogP contribution in [0.4, 0.5) is 11.4 Å². The van der Waals surface area contributed by atoms with E-state index in [-0.39, 0.29) is 10.8 Å². The van der Waals surface area contributed by atoms with E-state index in [1.165, 1.54) is 51.5 Å². The Morgan fingerprint density at radius 1 is 0.932 bits per heavy atom. The van der Waals surface area contributed by atoms with E-state index in [1.54, 1.807) is 7.11 Å². The maximum Gasteiger partial charge on any atom is 0.209 e. The third-order valence-corrected chi connectivity index (χ3v) is 11.0. The van der Waals surface area contributed by atoms with Crippen LogP contribution in [0.25, 0.3) is 0 Å². The number of anilines is 1. The zero-order valence-corrected chi connectivity index (χ0v) is 31.0. The lowest BCUT2D eigenvalue weighted by atomic mass is 9.81. The molecule has 6 heteroatoms. The first-order valence-electron chi connectivity index (χ1n) is 16.0. The van der Waals surface area contributed by atoms with Gasteiger partial charge in [-0.05, 0) is 92.6 Å². The van der Waals surface area contributed by atoms with Crippen molar-refractivity contribution in [1.82, 2.24) is 0 Å². The molecular formula is C38H46Br2ClN2O+. The minimum atomic E-state index is -0.118. The largest absolute Gasteiger partial charge is 0.385 e. The van der Waals surface area contributed by atoms with Gasteiger partial charge in [0.2, 0.25) is 5.69 Å². The fraction of sp³-hybridized carbons (Fsp3) is 0.447. The van der Waals surface area contributed by atoms with Crippen molar-refractivity contribution in [2.45, 2.75) is 84.0 Å². The molecule has 3 nitrogen and oxygen atoms in total. The first-order chi connectivity index (χ1) is 21.0. The molecule has 234 valence electrons. The van der Waals surface area contributed by atoms with Gasteiger partial charge >= 0.3 is 0 Å². The number of halogens is 3. The zero-order chi connectivity index (χ0) is 31.6. The van der Waals surface area contributed by atoms with Gasteiger partial charge in [0, 0.05) is 75.2 Å². The Morgan fingerprint density at radius 3 is 2.39 bits per heavy atom. The Balaban J connectivity index is 1.49. The van der Waals surface area contributed by atoms with Crippen molar-refractivity contribution in [3.05, 3.63) is 103 Å². The fourth-order valence-electron chi connectivity index (χ4n) is 7.03. The maximum atomic E-state index is 7.21. The quantitative estimate of drug-likeness (QED) is 0.178. The summed E-state index contributed by atoms with van der Waals surface area (Å²) >= 11 is 14.6. The van der Waals surface area contributed by atoms with Crippen LogP contribution in [-0.2, 0) is 15.6 Å². The number of fused-ring (bicyclic) bond motifs is 2. The van der Waals surface area contributed by atoms with Crippen LogP contribution in [0.15, 0.2) is 91.5 Å². The number of methoxy groups -OCH3 is 1. The second-order valence-electron chi connectivity index (χ2n) is 13.2. The predicted octanol–water partition coefficient (Wildman–Crippen LogP) is 11.3. The molecule has 5 rings (SSSR count). The van der Waals surface area contributed by atoms with Crippen molar-refractivity contribution in [2.24, 2.45) is 0 Å². The summed E-state index contributed by atoms with van der Waals surface area (Å²) in [6.07, 6.45) is 15.6. The highest BCUT2D eigenvalue weighted by Crippen LogP contribution is 2.49. The molecule has 0 saturated carbocycles. The molecule has 0 fully saturated rings. The molecule has 0 amide bonds. The normalized spacial score (nSPS) is 20.9. The molecule has 0 radical (unpaired) electrons. The molecule has 2 aromatic carbocycles. The third-order valence-electron chi connectivity index (χ3n) is 9.51. The smallest absolute Gasteiger partial charge is 0.209 e. The molecule has 0 atom stereocenters. The topological polar surface area (TPSA) is 15.5 Å². The Hall–Kier alpha value is -1.92. The van der Waals surface area contributed by atoms with Crippen molar-refractivity contribution in [3.63, 3.8) is 0 Å². The van der Waals surface area contributed by atoms with Crippen LogP contribution in [0.2, 0.25) is 0 Å². The van der Waals surface area contributed by atoms with E-state index in [0.717, 1.165) is 65.8 Å². The SMILES string of the molecule is CCCC[N+]1=C(/C=C/C2=C(Cl)C(=C/C=C3/N(CCCOC)c4ccc(Br)cc4C3(C)C)/CCC2)C(C)(C)c2cc(Br)ccc21. The summed E-state index contributed by atoms with van der Waals surface area (Å²) in [6, 6.07) is 13.4. The van der Waals surface area contributed by atoms with Crippen molar-refractivity contribution in [1.29, 1.82) is 0 Å². The highest BCUT2D eigenvalue weighted by atomic mass is 79.9. The predicted molar refractivity (Wildman–Crippen MR) is 195 cm³/mol. The highest BCUT2D eigenvalue weighted by Gasteiger charge is 2.44. The Morgan fingerprint density at radius 2 is 1.66 bits per heavy atom. The monoisotopic (exact) mass is 739 g/mol. The second kappa shape index (κ2) is 13.8. The summed E-state index contributed by atoms with van der Waals surface area (Å²) in [7, 11) is 1.77. The van der Waals surface area contributed by atoms with Crippen LogP contribution < -0.4 is 4.90 Å². The molecule has 1 aliphatic carbocycles. The molecule has 0 bridgehead atoms. The first-order valence-corrected chi connectivity index (χ1v) is 18.0. The molecule has 0 unspecified atom stereocenters. The Kier molecular flexibility index (Phi) is 10.5. The van der Waals surface area contributed by atoms with Gasteiger partial charge in [-0.2, -0.15) is 4.58 Å². The van der Waals surface area contributed by atoms with Crippen LogP contribution in [0.1, 0.15) is 84.3 Å². The van der Waals surface area contributed by atoms with Gasteiger partial charge in [0.05, 0.1) is 5.41 Å². The molecule has 0 saturated heterocycles. The van der Waals surface area contributed by atoms with E-state index < -0.39 is 0 Å². The van der Waals surface area contributed by atoms with E-state index in [1.807, 2.05) is 0 Å². The van der Waals surface area contributed by atoms with Gasteiger partial charge in [0.15, 0.2) is 5.71 Å². The van der Waals surface area contributed by atoms with E-state index in [4.69, 9.17) is 16.3 Å². The fourth-order valence-corrected chi connectivity index (χ4v) is 8.06. The van der Waals surface area contributed by atoms with Gasteiger partial charge in [0.25, 0.3) is 0 Å². The molecule has 0 N–H and O–H groups in total. The van der Waals surface area contributed by atoms with Gasteiger partial charge in [-0.1, -0.05) is 82.8 Å². The number of nitrogens with zero attached hydrogens (tertiary/aromatic N) is 2. The maximum absolute atomic E-state index is 7.21. The number of ether oxygens (including phenoxy) is 1. The molecule has 2 aliphatic heterocycles. The molecule has 0 spiro atoms. The number of hydrogen-bond acceptors (Lipinski definition) is 2. The van der Waals surface area contributed by atoms with E-state index in [0.29, 0.717) is 0 Å². The molecule has 2 aromatic rings. The average molecular weight is 742 g/mol. The number of allylic oxidation sites excluding steroid dienone is 8. The average Bonchev–Trinajstić information content (AvgIpc) is 3.32. The Bertz CT molecular complexity index is 1580. The van der Waals surface area contributed by atoms with Crippen LogP contribution in [-0.4, -0.2) is 37.1 Å². The highest BCUT2D eigenvalue weighted by molar-refractivity contribution is 9.10. The van der Waals surface area contributed by atoms with Gasteiger partial charge in [-0.25, -0.2) is 0 Å². The summed E-state index contributed by atoms with van der Waals surface area (Å²) in [4.78, 5) is 2.47. The van der Waals surface area contributed by atoms with Crippen LogP contribution >= 0.6 is 43.5 Å². The van der Waals surface area contributed by atoms with Crippen LogP contribution in [0.5, 0.6) is 0 Å². The van der Waals surface area contributed by atoms with Crippen molar-refractivity contribution < 1.29 is 9.31 Å². The summed E-state index contributed by atoms with van der Waals surface area (Å²) in [5, 5.41) is 0.906. The minimum Gasteiger partial charge on any atom is -0.385 e. The summed E-state index contributed by atoms with van der Waals surface area (Å²) in [5.41, 5.74) is 10.2. The van der Waals surface area contributed by atoms with Crippen LogP contribution in [0.3, 0.4) is 0 Å². The minimum absolute atomic E-state index is 0.0848. The van der Waals surface area contributed by atoms with Gasteiger partial charge in [-0.3, -0.25) is 0 Å². The first kappa shape index (κ1) is 33.4. The van der Waals surface area contributed by atoms with Crippen molar-refractivity contribution in [2.75, 3.05) is 31.7 Å². The lowest BCUT2D eigenvalue weighted by Crippen LogP contribution is -2.28. The summed E-state index contributed by atoms with van der Waals surface area (Å²) in [6.45, 7) is 14.3. The molecule has 3 aliphatic rings. The van der Waals surface area contributed by atoms with Gasteiger partial charge in [-0.15, -0.1) is 0 Å². The lowest BCUT2D eigenvalue weighted by molar-refractivity contribution is -0.438. The number of benzene rings is 2. The van der Waals surface area contributed by atoms with Gasteiger partial charge in [0.1, 0.15) is 6.54 Å². The zero-order valence-electron chi connectivity index (χ0n) is 27.1. The lowest BCUT2D eigenvalue weighted by Gasteiger charge is -2.27. The van der Waals surface area contributed by atoms with Crippen molar-refractivity contribution >= 4 is 60.5 Å². The van der Waals surface area contributed by atoms with Crippen molar-refractivity contribution in [3.8, 4) is 0 Å². The summed E-state index contributed by atoms with van der Waals surface area (Å²) < 4.78 is 10.2. The summed E-state index contributed by atoms with van der Waals surface area (Å²) in [5.74, 6) is 0. The number of hydrogen-bond donors (Lipinski definition) is 0. The molecular weight excluding hydrogens is 696 g/mol. The molecule has 44 heavy (non-hydrogen) atoms. The van der Waals surface area contributed by atoms with E-state index in [9.17, 15) is 0 Å². The number of rotatable bonds is 10. The molecule has 0 aromatic heterocycles. The van der Waals surface area contributed by atoms with Gasteiger partial charge < -0.3 is 9.64 Å². The Labute approximate surface area is 286 Å². The third kappa shape index (κ3) is 6.49. The molecule has 2 heterocycles. The standard InChI is InChI=1S/C38H46Br2ClN2O/c1-7-8-21-42-32-17-15-28(39)24-30(32)37(2,3)34(42)19-13-26-11-9-12-27(36(26)41)14-20-35-38(4,5)31-25-29(40)16-18-33(31)43(35)22-10-23-44-6/h13-20,24-25H,7-12,21-23H2,1-6H3/q+1. The number of unbranched alkanes of at least 4 members (excludes halogenated alkanes) is 1. The van der Waals surface area contributed by atoms with E-state index >= 15 is 0 Å². The second-order valence-corrected chi connectivity index (χ2v) is 15.4.